The molecule has 0 saturated heterocycles. The Labute approximate surface area is 199 Å². The molecule has 3 aromatic rings. The Balaban J connectivity index is 1.76. The molecule has 0 unspecified atom stereocenters. The summed E-state index contributed by atoms with van der Waals surface area (Å²) in [6, 6.07) is 15.2. The molecule has 3 aromatic carbocycles. The lowest BCUT2D eigenvalue weighted by atomic mass is 9.93. The van der Waals surface area contributed by atoms with E-state index in [-0.39, 0.29) is 31.4 Å². The minimum absolute atomic E-state index is 0.113. The van der Waals surface area contributed by atoms with Gasteiger partial charge in [-0.25, -0.2) is 4.39 Å². The van der Waals surface area contributed by atoms with Gasteiger partial charge in [0, 0.05) is 34.9 Å². The van der Waals surface area contributed by atoms with Crippen molar-refractivity contribution in [2.24, 2.45) is 5.73 Å². The van der Waals surface area contributed by atoms with Crippen molar-refractivity contribution in [2.75, 3.05) is 0 Å². The van der Waals surface area contributed by atoms with Crippen LogP contribution in [0.3, 0.4) is 0 Å². The van der Waals surface area contributed by atoms with Crippen molar-refractivity contribution < 1.29 is 23.6 Å². The summed E-state index contributed by atoms with van der Waals surface area (Å²) in [6.07, 6.45) is 2.74. The van der Waals surface area contributed by atoms with Crippen molar-refractivity contribution >= 4 is 17.9 Å². The lowest BCUT2D eigenvalue weighted by molar-refractivity contribution is -0.468. The van der Waals surface area contributed by atoms with E-state index in [0.717, 1.165) is 34.4 Å². The maximum atomic E-state index is 15.3. The third kappa shape index (κ3) is 4.73. The number of nitrogens with zero attached hydrogens (tertiary/aromatic N) is 1. The molecule has 1 heterocycles. The van der Waals surface area contributed by atoms with Gasteiger partial charge in [0.15, 0.2) is 12.3 Å². The van der Waals surface area contributed by atoms with Crippen molar-refractivity contribution in [2.45, 2.75) is 52.8 Å². The average molecular weight is 462 g/mol. The molecule has 4 rings (SSSR count). The van der Waals surface area contributed by atoms with E-state index >= 15 is 4.39 Å². The fourth-order valence-corrected chi connectivity index (χ4v) is 4.47. The van der Waals surface area contributed by atoms with Crippen LogP contribution in [-0.4, -0.2) is 27.9 Å². The number of hydrogen-bond donors (Lipinski definition) is 2. The van der Waals surface area contributed by atoms with Crippen LogP contribution in [0.15, 0.2) is 48.5 Å². The van der Waals surface area contributed by atoms with E-state index in [0.29, 0.717) is 22.4 Å². The fraction of sp³-hybridized carbons (Fsp3) is 0.286. The summed E-state index contributed by atoms with van der Waals surface area (Å²) in [5, 5.41) is 9.26. The summed E-state index contributed by atoms with van der Waals surface area (Å²) in [6.45, 7) is 6.55. The largest absolute Gasteiger partial charge is 0.489 e. The van der Waals surface area contributed by atoms with Gasteiger partial charge >= 0.3 is 5.97 Å². The van der Waals surface area contributed by atoms with Crippen molar-refractivity contribution in [3.8, 4) is 16.9 Å². The van der Waals surface area contributed by atoms with E-state index in [1.165, 1.54) is 0 Å². The standard InChI is InChI=1S/C28H29FN2O3/c1-17(2)31-10-9-22-24(23-6-4-5-21(15-30)28(23)29)12-19(13-25(22)31)16-34-26-11-18(3)7-8-20(26)14-27(32)33/h4-8,10-13,17H,9,14-16,30H2,1-3H3/p+1. The monoisotopic (exact) mass is 461 g/mol. The van der Waals surface area contributed by atoms with E-state index in [1.807, 2.05) is 31.2 Å². The van der Waals surface area contributed by atoms with Crippen LogP contribution >= 0.6 is 0 Å². The van der Waals surface area contributed by atoms with E-state index in [9.17, 15) is 9.90 Å². The molecule has 0 radical (unpaired) electrons. The first kappa shape index (κ1) is 23.6. The molecule has 0 aliphatic carbocycles. The molecule has 0 amide bonds. The number of fused-ring (bicyclic) bond motifs is 1. The fourth-order valence-electron chi connectivity index (χ4n) is 4.47. The van der Waals surface area contributed by atoms with Crippen LogP contribution in [-0.2, 0) is 30.8 Å². The summed E-state index contributed by atoms with van der Waals surface area (Å²) in [4.78, 5) is 11.3. The lowest BCUT2D eigenvalue weighted by Gasteiger charge is -2.15. The summed E-state index contributed by atoms with van der Waals surface area (Å²) in [5.41, 5.74) is 12.2. The molecule has 0 atom stereocenters. The van der Waals surface area contributed by atoms with Gasteiger partial charge in [-0.1, -0.05) is 30.3 Å². The van der Waals surface area contributed by atoms with Gasteiger partial charge in [0.1, 0.15) is 18.2 Å². The quantitative estimate of drug-likeness (QED) is 0.455. The van der Waals surface area contributed by atoms with Crippen LogP contribution in [0.2, 0.25) is 0 Å². The topological polar surface area (TPSA) is 75.6 Å². The predicted molar refractivity (Wildman–Crippen MR) is 131 cm³/mol. The zero-order chi connectivity index (χ0) is 24.4. The Morgan fingerprint density at radius 3 is 2.65 bits per heavy atom. The number of aryl methyl sites for hydroxylation is 1. The maximum absolute atomic E-state index is 15.3. The molecule has 0 bridgehead atoms. The SMILES string of the molecule is Cc1ccc(CC(=O)O)c(OCc2cc(-c3cccc(CN)c3F)c3c(c2)[N+](C(C)C)=CC3)c1. The summed E-state index contributed by atoms with van der Waals surface area (Å²) in [5.74, 6) is -0.657. The number of carboxylic acid groups (broad SMARTS) is 1. The minimum atomic E-state index is -0.910. The zero-order valence-electron chi connectivity index (χ0n) is 19.8. The van der Waals surface area contributed by atoms with Gasteiger partial charge in [-0.05, 0) is 49.6 Å². The molecule has 3 N–H and O–H groups in total. The van der Waals surface area contributed by atoms with E-state index in [2.05, 4.69) is 30.7 Å². The highest BCUT2D eigenvalue weighted by Gasteiger charge is 2.29. The highest BCUT2D eigenvalue weighted by atomic mass is 19.1. The lowest BCUT2D eigenvalue weighted by Crippen LogP contribution is -2.14. The number of rotatable bonds is 8. The molecule has 0 aromatic heterocycles. The number of nitrogens with two attached hydrogens (primary N) is 1. The predicted octanol–water partition coefficient (Wildman–Crippen LogP) is 5.15. The number of hydrogen-bond acceptors (Lipinski definition) is 3. The van der Waals surface area contributed by atoms with E-state index in [1.54, 1.807) is 18.2 Å². The highest BCUT2D eigenvalue weighted by Crippen LogP contribution is 2.38. The molecule has 6 heteroatoms. The summed E-state index contributed by atoms with van der Waals surface area (Å²) < 4.78 is 23.6. The third-order valence-corrected chi connectivity index (χ3v) is 6.16. The molecule has 0 fully saturated rings. The Kier molecular flexibility index (Phi) is 6.80. The second kappa shape index (κ2) is 9.77. The third-order valence-electron chi connectivity index (χ3n) is 6.16. The van der Waals surface area contributed by atoms with Crippen molar-refractivity contribution in [1.82, 2.24) is 0 Å². The first-order valence-electron chi connectivity index (χ1n) is 11.5. The Morgan fingerprint density at radius 2 is 1.94 bits per heavy atom. The average Bonchev–Trinajstić information content (AvgIpc) is 3.23. The van der Waals surface area contributed by atoms with E-state index in [4.69, 9.17) is 10.5 Å². The second-order valence-electron chi connectivity index (χ2n) is 8.98. The van der Waals surface area contributed by atoms with Gasteiger partial charge in [0.25, 0.3) is 0 Å². The number of aliphatic carboxylic acids is 1. The van der Waals surface area contributed by atoms with Crippen LogP contribution in [0.4, 0.5) is 10.1 Å². The zero-order valence-corrected chi connectivity index (χ0v) is 19.8. The van der Waals surface area contributed by atoms with Crippen molar-refractivity contribution in [3.63, 3.8) is 0 Å². The number of benzene rings is 3. The Bertz CT molecular complexity index is 1280. The Hall–Kier alpha value is -3.51. The molecular formula is C28H30FN2O3+. The molecular weight excluding hydrogens is 431 g/mol. The van der Waals surface area contributed by atoms with Crippen LogP contribution in [0, 0.1) is 12.7 Å². The number of carboxylic acids is 1. The van der Waals surface area contributed by atoms with Gasteiger partial charge in [-0.15, -0.1) is 0 Å². The molecule has 0 spiro atoms. The van der Waals surface area contributed by atoms with Gasteiger partial charge in [0.05, 0.1) is 12.8 Å². The molecule has 34 heavy (non-hydrogen) atoms. The Morgan fingerprint density at radius 1 is 1.15 bits per heavy atom. The maximum Gasteiger partial charge on any atom is 0.307 e. The minimum Gasteiger partial charge on any atom is -0.489 e. The van der Waals surface area contributed by atoms with Gasteiger partial charge in [0.2, 0.25) is 5.69 Å². The molecule has 1 aliphatic heterocycles. The number of ether oxygens (including phenoxy) is 1. The van der Waals surface area contributed by atoms with Gasteiger partial charge in [-0.3, -0.25) is 4.79 Å². The van der Waals surface area contributed by atoms with Crippen LogP contribution in [0.25, 0.3) is 11.1 Å². The van der Waals surface area contributed by atoms with Gasteiger partial charge < -0.3 is 15.6 Å². The summed E-state index contributed by atoms with van der Waals surface area (Å²) in [7, 11) is 0. The van der Waals surface area contributed by atoms with Crippen LogP contribution in [0.1, 0.15) is 41.7 Å². The number of halogens is 1. The molecule has 1 aliphatic rings. The smallest absolute Gasteiger partial charge is 0.307 e. The van der Waals surface area contributed by atoms with Crippen LogP contribution in [0.5, 0.6) is 5.75 Å². The summed E-state index contributed by atoms with van der Waals surface area (Å²) >= 11 is 0. The second-order valence-corrected chi connectivity index (χ2v) is 8.98. The molecule has 5 nitrogen and oxygen atoms in total. The first-order chi connectivity index (χ1) is 16.3. The van der Waals surface area contributed by atoms with E-state index < -0.39 is 5.97 Å². The first-order valence-corrected chi connectivity index (χ1v) is 11.5. The molecule has 176 valence electrons. The normalized spacial score (nSPS) is 12.6. The van der Waals surface area contributed by atoms with Crippen molar-refractivity contribution in [3.05, 3.63) is 82.2 Å². The van der Waals surface area contributed by atoms with Crippen molar-refractivity contribution in [1.29, 1.82) is 0 Å². The molecule has 0 saturated carbocycles. The van der Waals surface area contributed by atoms with Crippen LogP contribution < -0.4 is 10.5 Å². The number of carbonyl (C=O) groups is 1. The van der Waals surface area contributed by atoms with Gasteiger partial charge in [-0.2, -0.15) is 4.58 Å². The highest BCUT2D eigenvalue weighted by molar-refractivity contribution is 5.80.